The molecule has 14 heavy (non-hydrogen) atoms. The number of hydrogen-bond acceptors (Lipinski definition) is 4. The molecule has 0 bridgehead atoms. The number of carbonyl (C=O) groups excluding carboxylic acids is 1. The Bertz CT molecular complexity index is 210. The lowest BCUT2D eigenvalue weighted by atomic mass is 9.87. The van der Waals surface area contributed by atoms with E-state index < -0.39 is 6.09 Å². The van der Waals surface area contributed by atoms with Crippen molar-refractivity contribution in [3.63, 3.8) is 0 Å². The largest absolute Gasteiger partial charge is 0.446 e. The Hall–Kier alpha value is -0.810. The number of nitrogens with two attached hydrogens (primary N) is 1. The number of morpholine rings is 1. The Morgan fingerprint density at radius 3 is 2.57 bits per heavy atom. The van der Waals surface area contributed by atoms with Crippen LogP contribution in [0.25, 0.3) is 0 Å². The van der Waals surface area contributed by atoms with E-state index in [-0.39, 0.29) is 6.10 Å². The topological polar surface area (TPSA) is 64.8 Å². The van der Waals surface area contributed by atoms with Crippen LogP contribution >= 0.6 is 0 Å². The Balaban J connectivity index is 1.68. The average Bonchev–Trinajstić information content (AvgIpc) is 2.12. The van der Waals surface area contributed by atoms with E-state index in [0.717, 1.165) is 39.1 Å². The molecule has 1 amide bonds. The Morgan fingerprint density at radius 1 is 1.36 bits per heavy atom. The van der Waals surface area contributed by atoms with Crippen LogP contribution in [-0.4, -0.2) is 49.4 Å². The molecule has 5 heteroatoms. The number of carbonyl (C=O) groups is 1. The molecule has 2 N–H and O–H groups in total. The molecule has 0 unspecified atom stereocenters. The summed E-state index contributed by atoms with van der Waals surface area (Å²) in [6, 6.07) is 0.559. The number of nitrogens with zero attached hydrogens (tertiary/aromatic N) is 1. The molecular weight excluding hydrogens is 184 g/mol. The number of hydrogen-bond donors (Lipinski definition) is 1. The number of primary amides is 1. The van der Waals surface area contributed by atoms with Crippen LogP contribution < -0.4 is 5.73 Å². The number of ether oxygens (including phenoxy) is 2. The fourth-order valence-corrected chi connectivity index (χ4v) is 2.04. The molecule has 80 valence electrons. The summed E-state index contributed by atoms with van der Waals surface area (Å²) < 4.78 is 10.2. The van der Waals surface area contributed by atoms with E-state index in [9.17, 15) is 4.79 Å². The van der Waals surface area contributed by atoms with Crippen LogP contribution in [0, 0.1) is 0 Å². The van der Waals surface area contributed by atoms with Crippen molar-refractivity contribution in [3.05, 3.63) is 0 Å². The van der Waals surface area contributed by atoms with Gasteiger partial charge in [0.25, 0.3) is 0 Å². The first kappa shape index (κ1) is 9.73. The Labute approximate surface area is 83.1 Å². The van der Waals surface area contributed by atoms with Gasteiger partial charge in [-0.3, -0.25) is 4.90 Å². The summed E-state index contributed by atoms with van der Waals surface area (Å²) in [7, 11) is 0. The van der Waals surface area contributed by atoms with Gasteiger partial charge in [0, 0.05) is 32.0 Å². The van der Waals surface area contributed by atoms with E-state index >= 15 is 0 Å². The molecule has 2 fully saturated rings. The predicted molar refractivity (Wildman–Crippen MR) is 49.9 cm³/mol. The van der Waals surface area contributed by atoms with Crippen molar-refractivity contribution in [2.24, 2.45) is 5.73 Å². The maximum atomic E-state index is 10.5. The molecule has 0 atom stereocenters. The molecule has 5 nitrogen and oxygen atoms in total. The van der Waals surface area contributed by atoms with E-state index in [0.29, 0.717) is 6.04 Å². The third kappa shape index (κ3) is 2.16. The number of rotatable bonds is 2. The fourth-order valence-electron chi connectivity index (χ4n) is 2.04. The molecule has 1 saturated heterocycles. The summed E-state index contributed by atoms with van der Waals surface area (Å²) >= 11 is 0. The highest BCUT2D eigenvalue weighted by Gasteiger charge is 2.36. The average molecular weight is 200 g/mol. The fraction of sp³-hybridized carbons (Fsp3) is 0.889. The van der Waals surface area contributed by atoms with Crippen LogP contribution in [0.5, 0.6) is 0 Å². The van der Waals surface area contributed by atoms with Gasteiger partial charge in [-0.2, -0.15) is 0 Å². The molecule has 2 aliphatic rings. The van der Waals surface area contributed by atoms with Gasteiger partial charge in [0.05, 0.1) is 13.2 Å². The standard InChI is InChI=1S/C9H16N2O3/c10-9(12)14-8-5-7(6-8)11-1-3-13-4-2-11/h7-8H,1-6H2,(H2,10,12)/t7-,8-. The van der Waals surface area contributed by atoms with Crippen LogP contribution in [0.15, 0.2) is 0 Å². The highest BCUT2D eigenvalue weighted by Crippen LogP contribution is 2.28. The van der Waals surface area contributed by atoms with E-state index in [1.807, 2.05) is 0 Å². The lowest BCUT2D eigenvalue weighted by molar-refractivity contribution is -0.0484. The van der Waals surface area contributed by atoms with Crippen molar-refractivity contribution < 1.29 is 14.3 Å². The molecule has 0 spiro atoms. The molecule has 0 aromatic rings. The molecule has 1 aliphatic carbocycles. The maximum absolute atomic E-state index is 10.5. The minimum absolute atomic E-state index is 0.0420. The first-order chi connectivity index (χ1) is 6.75. The summed E-state index contributed by atoms with van der Waals surface area (Å²) in [4.78, 5) is 12.8. The third-order valence-corrected chi connectivity index (χ3v) is 2.91. The van der Waals surface area contributed by atoms with E-state index in [4.69, 9.17) is 15.2 Å². The third-order valence-electron chi connectivity index (χ3n) is 2.91. The highest BCUT2D eigenvalue weighted by atomic mass is 16.6. The number of amides is 1. The van der Waals surface area contributed by atoms with Crippen LogP contribution in [0.2, 0.25) is 0 Å². The molecule has 0 aromatic heterocycles. The molecule has 0 aromatic carbocycles. The van der Waals surface area contributed by atoms with E-state index in [1.54, 1.807) is 0 Å². The second kappa shape index (κ2) is 4.14. The van der Waals surface area contributed by atoms with E-state index in [1.165, 1.54) is 0 Å². The highest BCUT2D eigenvalue weighted by molar-refractivity contribution is 5.64. The van der Waals surface area contributed by atoms with Gasteiger partial charge >= 0.3 is 6.09 Å². The Kier molecular flexibility index (Phi) is 2.88. The first-order valence-corrected chi connectivity index (χ1v) is 5.03. The van der Waals surface area contributed by atoms with Gasteiger partial charge < -0.3 is 15.2 Å². The molecule has 1 heterocycles. The maximum Gasteiger partial charge on any atom is 0.404 e. The van der Waals surface area contributed by atoms with Crippen LogP contribution in [-0.2, 0) is 9.47 Å². The monoisotopic (exact) mass is 200 g/mol. The van der Waals surface area contributed by atoms with Gasteiger partial charge in [0.2, 0.25) is 0 Å². The minimum atomic E-state index is -0.657. The summed E-state index contributed by atoms with van der Waals surface area (Å²) in [5, 5.41) is 0. The minimum Gasteiger partial charge on any atom is -0.446 e. The second-order valence-electron chi connectivity index (χ2n) is 3.83. The van der Waals surface area contributed by atoms with Gasteiger partial charge in [-0.25, -0.2) is 4.79 Å². The smallest absolute Gasteiger partial charge is 0.404 e. The van der Waals surface area contributed by atoms with Gasteiger partial charge in [0.15, 0.2) is 0 Å². The van der Waals surface area contributed by atoms with Crippen LogP contribution in [0.3, 0.4) is 0 Å². The Morgan fingerprint density at radius 2 is 2.00 bits per heavy atom. The summed E-state index contributed by atoms with van der Waals surface area (Å²) in [5.74, 6) is 0. The van der Waals surface area contributed by atoms with Crippen molar-refractivity contribution in [1.29, 1.82) is 0 Å². The van der Waals surface area contributed by atoms with Crippen molar-refractivity contribution in [3.8, 4) is 0 Å². The summed E-state index contributed by atoms with van der Waals surface area (Å²) in [6.45, 7) is 3.62. The van der Waals surface area contributed by atoms with Gasteiger partial charge in [-0.15, -0.1) is 0 Å². The summed E-state index contributed by atoms with van der Waals surface area (Å²) in [6.07, 6.45) is 1.22. The van der Waals surface area contributed by atoms with Gasteiger partial charge in [0.1, 0.15) is 6.10 Å². The molecule has 2 rings (SSSR count). The zero-order valence-corrected chi connectivity index (χ0v) is 8.15. The first-order valence-electron chi connectivity index (χ1n) is 5.03. The lowest BCUT2D eigenvalue weighted by Crippen LogP contribution is -2.52. The quantitative estimate of drug-likeness (QED) is 0.678. The molecule has 1 aliphatic heterocycles. The predicted octanol–water partition coefficient (Wildman–Crippen LogP) is -0.0551. The van der Waals surface area contributed by atoms with Crippen LogP contribution in [0.1, 0.15) is 12.8 Å². The van der Waals surface area contributed by atoms with Gasteiger partial charge in [-0.1, -0.05) is 0 Å². The molecule has 0 radical (unpaired) electrons. The SMILES string of the molecule is NC(=O)O[C@H]1C[C@H](N2CCOCC2)C1. The van der Waals surface area contributed by atoms with Crippen LogP contribution in [0.4, 0.5) is 4.79 Å². The lowest BCUT2D eigenvalue weighted by Gasteiger charge is -2.43. The second-order valence-corrected chi connectivity index (χ2v) is 3.83. The van der Waals surface area contributed by atoms with Gasteiger partial charge in [-0.05, 0) is 0 Å². The zero-order chi connectivity index (χ0) is 9.97. The van der Waals surface area contributed by atoms with Crippen molar-refractivity contribution >= 4 is 6.09 Å². The normalized spacial score (nSPS) is 33.4. The van der Waals surface area contributed by atoms with Crippen molar-refractivity contribution in [2.45, 2.75) is 25.0 Å². The summed E-state index contributed by atoms with van der Waals surface area (Å²) in [5.41, 5.74) is 4.93. The molecular formula is C9H16N2O3. The van der Waals surface area contributed by atoms with Crippen molar-refractivity contribution in [2.75, 3.05) is 26.3 Å². The van der Waals surface area contributed by atoms with Crippen molar-refractivity contribution in [1.82, 2.24) is 4.90 Å². The van der Waals surface area contributed by atoms with E-state index in [2.05, 4.69) is 4.90 Å². The zero-order valence-electron chi connectivity index (χ0n) is 8.15. The molecule has 1 saturated carbocycles.